The van der Waals surface area contributed by atoms with Crippen molar-refractivity contribution in [3.05, 3.63) is 30.2 Å². The Kier molecular flexibility index (Phi) is 2.73. The summed E-state index contributed by atoms with van der Waals surface area (Å²) in [5, 5.41) is 4.30. The van der Waals surface area contributed by atoms with Crippen LogP contribution in [0.15, 0.2) is 24.4 Å². The van der Waals surface area contributed by atoms with E-state index in [2.05, 4.69) is 10.3 Å². The average molecular weight is 234 g/mol. The standard InChI is InChI=1S/C13H15FN2O/c14-10-7-9-1-4-15-13(9)12(8-10)16-11-2-5-17-6-3-11/h1,4,7-8,11,15-16H,2-3,5-6H2. The van der Waals surface area contributed by atoms with Gasteiger partial charge in [0.05, 0.1) is 11.2 Å². The van der Waals surface area contributed by atoms with Gasteiger partial charge in [-0.3, -0.25) is 0 Å². The van der Waals surface area contributed by atoms with Gasteiger partial charge in [0.25, 0.3) is 0 Å². The normalized spacial score (nSPS) is 17.5. The van der Waals surface area contributed by atoms with Gasteiger partial charge in [0.1, 0.15) is 5.82 Å². The Morgan fingerprint density at radius 3 is 2.94 bits per heavy atom. The zero-order chi connectivity index (χ0) is 11.7. The van der Waals surface area contributed by atoms with E-state index >= 15 is 0 Å². The molecule has 1 aliphatic heterocycles. The number of rotatable bonds is 2. The first-order chi connectivity index (χ1) is 8.33. The van der Waals surface area contributed by atoms with E-state index in [9.17, 15) is 4.39 Å². The number of aromatic nitrogens is 1. The molecule has 0 amide bonds. The Balaban J connectivity index is 1.90. The summed E-state index contributed by atoms with van der Waals surface area (Å²) >= 11 is 0. The molecule has 1 aromatic heterocycles. The lowest BCUT2D eigenvalue weighted by Crippen LogP contribution is -2.27. The van der Waals surface area contributed by atoms with Crippen molar-refractivity contribution in [2.45, 2.75) is 18.9 Å². The first-order valence-corrected chi connectivity index (χ1v) is 5.94. The van der Waals surface area contributed by atoms with Crippen LogP contribution in [0.25, 0.3) is 10.9 Å². The highest BCUT2D eigenvalue weighted by Gasteiger charge is 2.15. The highest BCUT2D eigenvalue weighted by Crippen LogP contribution is 2.25. The molecule has 3 rings (SSSR count). The molecule has 2 heterocycles. The van der Waals surface area contributed by atoms with Gasteiger partial charge in [-0.05, 0) is 31.0 Å². The Bertz CT molecular complexity index is 517. The highest BCUT2D eigenvalue weighted by atomic mass is 19.1. The van der Waals surface area contributed by atoms with Crippen LogP contribution in [0.4, 0.5) is 10.1 Å². The summed E-state index contributed by atoms with van der Waals surface area (Å²) in [5.74, 6) is -0.202. The van der Waals surface area contributed by atoms with Crippen LogP contribution in [-0.4, -0.2) is 24.2 Å². The summed E-state index contributed by atoms with van der Waals surface area (Å²) in [7, 11) is 0. The molecule has 0 aliphatic carbocycles. The third-order valence-corrected chi connectivity index (χ3v) is 3.21. The second kappa shape index (κ2) is 4.37. The van der Waals surface area contributed by atoms with Crippen molar-refractivity contribution >= 4 is 16.6 Å². The minimum atomic E-state index is -0.202. The molecule has 1 aromatic carbocycles. The Hall–Kier alpha value is -1.55. The van der Waals surface area contributed by atoms with E-state index in [1.165, 1.54) is 0 Å². The van der Waals surface area contributed by atoms with Gasteiger partial charge in [-0.25, -0.2) is 4.39 Å². The molecule has 1 saturated heterocycles. The zero-order valence-corrected chi connectivity index (χ0v) is 9.50. The summed E-state index contributed by atoms with van der Waals surface area (Å²) < 4.78 is 18.8. The van der Waals surface area contributed by atoms with Gasteiger partial charge in [-0.15, -0.1) is 0 Å². The number of benzene rings is 1. The monoisotopic (exact) mass is 234 g/mol. The van der Waals surface area contributed by atoms with Crippen LogP contribution in [0.1, 0.15) is 12.8 Å². The predicted molar refractivity (Wildman–Crippen MR) is 65.7 cm³/mol. The molecule has 0 spiro atoms. The third kappa shape index (κ3) is 2.13. The van der Waals surface area contributed by atoms with Crippen LogP contribution in [0.5, 0.6) is 0 Å². The molecule has 0 radical (unpaired) electrons. The number of halogens is 1. The van der Waals surface area contributed by atoms with E-state index in [0.717, 1.165) is 42.6 Å². The van der Waals surface area contributed by atoms with Gasteiger partial charge in [0.2, 0.25) is 0 Å². The molecule has 3 nitrogen and oxygen atoms in total. The topological polar surface area (TPSA) is 37.0 Å². The summed E-state index contributed by atoms with van der Waals surface area (Å²) in [4.78, 5) is 3.14. The lowest BCUT2D eigenvalue weighted by atomic mass is 10.1. The molecule has 17 heavy (non-hydrogen) atoms. The molecule has 1 aliphatic rings. The van der Waals surface area contributed by atoms with Crippen molar-refractivity contribution in [1.29, 1.82) is 0 Å². The van der Waals surface area contributed by atoms with Crippen LogP contribution >= 0.6 is 0 Å². The van der Waals surface area contributed by atoms with E-state index in [1.54, 1.807) is 12.1 Å². The van der Waals surface area contributed by atoms with E-state index in [0.29, 0.717) is 6.04 Å². The SMILES string of the molecule is Fc1cc(NC2CCOCC2)c2[nH]ccc2c1. The molecule has 0 saturated carbocycles. The van der Waals surface area contributed by atoms with Gasteiger partial charge in [-0.1, -0.05) is 0 Å². The molecular weight excluding hydrogens is 219 g/mol. The predicted octanol–water partition coefficient (Wildman–Crippen LogP) is 2.90. The minimum absolute atomic E-state index is 0.202. The Labute approximate surface area is 99.0 Å². The summed E-state index contributed by atoms with van der Waals surface area (Å²) in [5.41, 5.74) is 1.81. The minimum Gasteiger partial charge on any atom is -0.381 e. The summed E-state index contributed by atoms with van der Waals surface area (Å²) in [6.07, 6.45) is 3.77. The Morgan fingerprint density at radius 2 is 2.12 bits per heavy atom. The fourth-order valence-electron chi connectivity index (χ4n) is 2.31. The molecule has 90 valence electrons. The van der Waals surface area contributed by atoms with Gasteiger partial charge < -0.3 is 15.0 Å². The molecule has 4 heteroatoms. The van der Waals surface area contributed by atoms with Crippen molar-refractivity contribution < 1.29 is 9.13 Å². The maximum atomic E-state index is 13.5. The van der Waals surface area contributed by atoms with Crippen LogP contribution < -0.4 is 5.32 Å². The number of H-pyrrole nitrogens is 1. The van der Waals surface area contributed by atoms with E-state index < -0.39 is 0 Å². The average Bonchev–Trinajstić information content (AvgIpc) is 2.78. The highest BCUT2D eigenvalue weighted by molar-refractivity contribution is 5.91. The quantitative estimate of drug-likeness (QED) is 0.838. The number of ether oxygens (including phenoxy) is 1. The summed E-state index contributed by atoms with van der Waals surface area (Å²) in [6, 6.07) is 5.35. The number of hydrogen-bond acceptors (Lipinski definition) is 2. The van der Waals surface area contributed by atoms with E-state index in [-0.39, 0.29) is 5.82 Å². The van der Waals surface area contributed by atoms with Crippen molar-refractivity contribution in [2.24, 2.45) is 0 Å². The fraction of sp³-hybridized carbons (Fsp3) is 0.385. The molecule has 0 bridgehead atoms. The van der Waals surface area contributed by atoms with Gasteiger partial charge in [0.15, 0.2) is 0 Å². The number of anilines is 1. The van der Waals surface area contributed by atoms with Crippen molar-refractivity contribution in [3.8, 4) is 0 Å². The van der Waals surface area contributed by atoms with Gasteiger partial charge in [-0.2, -0.15) is 0 Å². The third-order valence-electron chi connectivity index (χ3n) is 3.21. The van der Waals surface area contributed by atoms with Crippen LogP contribution in [-0.2, 0) is 4.74 Å². The zero-order valence-electron chi connectivity index (χ0n) is 9.50. The second-order valence-corrected chi connectivity index (χ2v) is 4.43. The van der Waals surface area contributed by atoms with Crippen LogP contribution in [0.3, 0.4) is 0 Å². The first kappa shape index (κ1) is 10.6. The van der Waals surface area contributed by atoms with Crippen molar-refractivity contribution in [3.63, 3.8) is 0 Å². The lowest BCUT2D eigenvalue weighted by molar-refractivity contribution is 0.0905. The van der Waals surface area contributed by atoms with Crippen LogP contribution in [0.2, 0.25) is 0 Å². The van der Waals surface area contributed by atoms with Gasteiger partial charge in [0, 0.05) is 30.8 Å². The maximum absolute atomic E-state index is 13.5. The van der Waals surface area contributed by atoms with Crippen molar-refractivity contribution in [1.82, 2.24) is 4.98 Å². The molecule has 2 N–H and O–H groups in total. The second-order valence-electron chi connectivity index (χ2n) is 4.43. The maximum Gasteiger partial charge on any atom is 0.126 e. The molecule has 1 fully saturated rings. The number of fused-ring (bicyclic) bond motifs is 1. The molecule has 0 atom stereocenters. The lowest BCUT2D eigenvalue weighted by Gasteiger charge is -2.24. The Morgan fingerprint density at radius 1 is 1.29 bits per heavy atom. The van der Waals surface area contributed by atoms with E-state index in [4.69, 9.17) is 4.74 Å². The van der Waals surface area contributed by atoms with E-state index in [1.807, 2.05) is 12.3 Å². The first-order valence-electron chi connectivity index (χ1n) is 5.94. The number of aromatic amines is 1. The van der Waals surface area contributed by atoms with Gasteiger partial charge >= 0.3 is 0 Å². The largest absolute Gasteiger partial charge is 0.381 e. The number of nitrogens with one attached hydrogen (secondary N) is 2. The van der Waals surface area contributed by atoms with Crippen molar-refractivity contribution in [2.75, 3.05) is 18.5 Å². The number of hydrogen-bond donors (Lipinski definition) is 2. The smallest absolute Gasteiger partial charge is 0.126 e. The fourth-order valence-corrected chi connectivity index (χ4v) is 2.31. The molecular formula is C13H15FN2O. The van der Waals surface area contributed by atoms with Crippen LogP contribution in [0, 0.1) is 5.82 Å². The molecule has 0 unspecified atom stereocenters. The molecule has 2 aromatic rings. The summed E-state index contributed by atoms with van der Waals surface area (Å²) in [6.45, 7) is 1.56.